The van der Waals surface area contributed by atoms with E-state index in [2.05, 4.69) is 15.5 Å². The highest BCUT2D eigenvalue weighted by Gasteiger charge is 2.03. The van der Waals surface area contributed by atoms with Crippen molar-refractivity contribution in [3.8, 4) is 0 Å². The van der Waals surface area contributed by atoms with Crippen molar-refractivity contribution in [3.63, 3.8) is 0 Å². The number of aromatic nitrogens is 2. The van der Waals surface area contributed by atoms with E-state index in [9.17, 15) is 0 Å². The van der Waals surface area contributed by atoms with E-state index in [-0.39, 0.29) is 0 Å². The molecule has 0 bridgehead atoms. The molecule has 18 heavy (non-hydrogen) atoms. The molecule has 0 fully saturated rings. The van der Waals surface area contributed by atoms with Crippen LogP contribution in [0.15, 0.2) is 22.7 Å². The number of nitrogens with zero attached hydrogens (tertiary/aromatic N) is 2. The number of aryl methyl sites for hydroxylation is 1. The second-order valence-corrected chi connectivity index (χ2v) is 4.74. The van der Waals surface area contributed by atoms with Crippen molar-refractivity contribution >= 4 is 23.2 Å². The van der Waals surface area contributed by atoms with Gasteiger partial charge in [-0.05, 0) is 23.8 Å². The minimum absolute atomic E-state index is 0.586. The van der Waals surface area contributed by atoms with Crippen LogP contribution in [0.25, 0.3) is 0 Å². The van der Waals surface area contributed by atoms with E-state index in [0.717, 1.165) is 18.5 Å². The van der Waals surface area contributed by atoms with Crippen LogP contribution in [0.4, 0.5) is 0 Å². The zero-order valence-corrected chi connectivity index (χ0v) is 11.4. The van der Waals surface area contributed by atoms with Gasteiger partial charge in [-0.2, -0.15) is 4.98 Å². The van der Waals surface area contributed by atoms with Crippen molar-refractivity contribution in [2.24, 2.45) is 0 Å². The third-order valence-electron chi connectivity index (χ3n) is 2.42. The van der Waals surface area contributed by atoms with E-state index in [1.54, 1.807) is 19.1 Å². The van der Waals surface area contributed by atoms with Gasteiger partial charge >= 0.3 is 0 Å². The molecule has 2 rings (SSSR count). The van der Waals surface area contributed by atoms with Gasteiger partial charge in [0.2, 0.25) is 5.89 Å². The molecular weight excluding hydrogens is 273 g/mol. The molecule has 1 heterocycles. The average molecular weight is 286 g/mol. The van der Waals surface area contributed by atoms with Gasteiger partial charge in [-0.1, -0.05) is 28.4 Å². The summed E-state index contributed by atoms with van der Waals surface area (Å²) in [5.74, 6) is 1.29. The highest BCUT2D eigenvalue weighted by Crippen LogP contribution is 2.20. The predicted molar refractivity (Wildman–Crippen MR) is 70.9 cm³/mol. The van der Waals surface area contributed by atoms with E-state index in [4.69, 9.17) is 27.7 Å². The van der Waals surface area contributed by atoms with Gasteiger partial charge in [-0.15, -0.1) is 0 Å². The topological polar surface area (TPSA) is 51.0 Å². The Bertz CT molecular complexity index is 528. The third kappa shape index (κ3) is 3.70. The molecule has 0 saturated carbocycles. The standard InChI is InChI=1S/C12H13Cl2N3O/c1-8-16-12(17-18-8)4-5-15-7-9-6-10(13)2-3-11(9)14/h2-3,6,15H,4-5,7H2,1H3. The minimum atomic E-state index is 0.586. The summed E-state index contributed by atoms with van der Waals surface area (Å²) < 4.78 is 4.89. The zero-order chi connectivity index (χ0) is 13.0. The number of benzene rings is 1. The van der Waals surface area contributed by atoms with Crippen LogP contribution < -0.4 is 5.32 Å². The van der Waals surface area contributed by atoms with Crippen LogP contribution in [0.2, 0.25) is 10.0 Å². The number of halogens is 2. The Morgan fingerprint density at radius 3 is 2.89 bits per heavy atom. The summed E-state index contributed by atoms with van der Waals surface area (Å²) in [6.45, 7) is 3.19. The Labute approximate surface area is 115 Å². The van der Waals surface area contributed by atoms with Gasteiger partial charge in [0.15, 0.2) is 5.82 Å². The summed E-state index contributed by atoms with van der Waals surface area (Å²) in [5.41, 5.74) is 0.980. The van der Waals surface area contributed by atoms with Gasteiger partial charge < -0.3 is 9.84 Å². The first-order valence-corrected chi connectivity index (χ1v) is 6.34. The maximum Gasteiger partial charge on any atom is 0.223 e. The maximum atomic E-state index is 6.06. The van der Waals surface area contributed by atoms with Crippen molar-refractivity contribution in [3.05, 3.63) is 45.5 Å². The molecule has 0 spiro atoms. The Balaban J connectivity index is 1.80. The molecule has 0 saturated heterocycles. The largest absolute Gasteiger partial charge is 0.340 e. The van der Waals surface area contributed by atoms with Crippen molar-refractivity contribution in [1.29, 1.82) is 0 Å². The van der Waals surface area contributed by atoms with Gasteiger partial charge in [0.1, 0.15) is 0 Å². The molecule has 0 atom stereocenters. The first kappa shape index (κ1) is 13.3. The maximum absolute atomic E-state index is 6.06. The van der Waals surface area contributed by atoms with E-state index >= 15 is 0 Å². The average Bonchev–Trinajstić information content (AvgIpc) is 2.75. The predicted octanol–water partition coefficient (Wildman–Crippen LogP) is 3.02. The molecule has 4 nitrogen and oxygen atoms in total. The third-order valence-corrected chi connectivity index (χ3v) is 3.02. The molecule has 0 aliphatic heterocycles. The van der Waals surface area contributed by atoms with E-state index < -0.39 is 0 Å². The molecule has 1 aromatic carbocycles. The molecule has 0 aliphatic carbocycles. The molecule has 0 aliphatic rings. The Morgan fingerprint density at radius 1 is 1.33 bits per heavy atom. The van der Waals surface area contributed by atoms with Crippen molar-refractivity contribution in [2.75, 3.05) is 6.54 Å². The summed E-state index contributed by atoms with van der Waals surface area (Å²) in [6.07, 6.45) is 0.718. The SMILES string of the molecule is Cc1nc(CCNCc2cc(Cl)ccc2Cl)no1. The lowest BCUT2D eigenvalue weighted by molar-refractivity contribution is 0.387. The fourth-order valence-corrected chi connectivity index (χ4v) is 1.92. The number of hydrogen-bond donors (Lipinski definition) is 1. The molecular formula is C12H13Cl2N3O. The monoisotopic (exact) mass is 285 g/mol. The van der Waals surface area contributed by atoms with Crippen LogP contribution in [0.3, 0.4) is 0 Å². The molecule has 1 N–H and O–H groups in total. The smallest absolute Gasteiger partial charge is 0.223 e. The fourth-order valence-electron chi connectivity index (χ4n) is 1.54. The van der Waals surface area contributed by atoms with E-state index in [1.807, 2.05) is 6.07 Å². The Hall–Kier alpha value is -1.10. The van der Waals surface area contributed by atoms with Crippen LogP contribution in [-0.4, -0.2) is 16.7 Å². The van der Waals surface area contributed by atoms with Gasteiger partial charge in [-0.25, -0.2) is 0 Å². The molecule has 0 amide bonds. The molecule has 0 unspecified atom stereocenters. The Morgan fingerprint density at radius 2 is 2.17 bits per heavy atom. The van der Waals surface area contributed by atoms with Crippen LogP contribution in [-0.2, 0) is 13.0 Å². The minimum Gasteiger partial charge on any atom is -0.340 e. The summed E-state index contributed by atoms with van der Waals surface area (Å²) in [7, 11) is 0. The van der Waals surface area contributed by atoms with Crippen molar-refractivity contribution < 1.29 is 4.52 Å². The van der Waals surface area contributed by atoms with Gasteiger partial charge in [0.25, 0.3) is 0 Å². The fraction of sp³-hybridized carbons (Fsp3) is 0.333. The summed E-state index contributed by atoms with van der Waals surface area (Å²) in [4.78, 5) is 4.12. The molecule has 96 valence electrons. The lowest BCUT2D eigenvalue weighted by Gasteiger charge is -2.06. The molecule has 0 radical (unpaired) electrons. The highest BCUT2D eigenvalue weighted by molar-refractivity contribution is 6.33. The molecule has 2 aromatic rings. The molecule has 1 aromatic heterocycles. The van der Waals surface area contributed by atoms with Crippen LogP contribution in [0.1, 0.15) is 17.3 Å². The van der Waals surface area contributed by atoms with Gasteiger partial charge in [0, 0.05) is 36.5 Å². The number of rotatable bonds is 5. The normalized spacial score (nSPS) is 10.8. The summed E-state index contributed by atoms with van der Waals surface area (Å²) in [6, 6.07) is 5.42. The zero-order valence-electron chi connectivity index (χ0n) is 9.91. The number of nitrogens with one attached hydrogen (secondary N) is 1. The van der Waals surface area contributed by atoms with E-state index in [0.29, 0.717) is 28.3 Å². The highest BCUT2D eigenvalue weighted by atomic mass is 35.5. The quantitative estimate of drug-likeness (QED) is 0.858. The Kier molecular flexibility index (Phi) is 4.58. The number of hydrogen-bond acceptors (Lipinski definition) is 4. The van der Waals surface area contributed by atoms with E-state index in [1.165, 1.54) is 0 Å². The van der Waals surface area contributed by atoms with Gasteiger partial charge in [-0.3, -0.25) is 0 Å². The van der Waals surface area contributed by atoms with Gasteiger partial charge in [0.05, 0.1) is 0 Å². The van der Waals surface area contributed by atoms with Crippen LogP contribution >= 0.6 is 23.2 Å². The van der Waals surface area contributed by atoms with Crippen molar-refractivity contribution in [2.45, 2.75) is 19.9 Å². The van der Waals surface area contributed by atoms with Crippen molar-refractivity contribution in [1.82, 2.24) is 15.5 Å². The van der Waals surface area contributed by atoms with Crippen LogP contribution in [0, 0.1) is 6.92 Å². The first-order valence-electron chi connectivity index (χ1n) is 5.59. The summed E-state index contributed by atoms with van der Waals surface area (Å²) in [5, 5.41) is 8.48. The summed E-state index contributed by atoms with van der Waals surface area (Å²) >= 11 is 12.0. The molecule has 6 heteroatoms. The second kappa shape index (κ2) is 6.18. The first-order chi connectivity index (χ1) is 8.65. The second-order valence-electron chi connectivity index (χ2n) is 3.89. The lowest BCUT2D eigenvalue weighted by atomic mass is 10.2. The lowest BCUT2D eigenvalue weighted by Crippen LogP contribution is -2.17. The van der Waals surface area contributed by atoms with Crippen LogP contribution in [0.5, 0.6) is 0 Å².